The van der Waals surface area contributed by atoms with Crippen LogP contribution < -0.4 is 14.8 Å². The lowest BCUT2D eigenvalue weighted by molar-refractivity contribution is -0.113. The normalized spacial score (nSPS) is 10.5. The van der Waals surface area contributed by atoms with Gasteiger partial charge in [-0.05, 0) is 37.3 Å². The van der Waals surface area contributed by atoms with Crippen LogP contribution in [0.25, 0.3) is 11.3 Å². The molecule has 2 aromatic heterocycles. The van der Waals surface area contributed by atoms with Gasteiger partial charge < -0.3 is 9.47 Å². The minimum Gasteiger partial charge on any atom is -0.497 e. The van der Waals surface area contributed by atoms with Gasteiger partial charge in [0.2, 0.25) is 11.0 Å². The summed E-state index contributed by atoms with van der Waals surface area (Å²) in [6.07, 6.45) is 0. The molecule has 1 amide bonds. The van der Waals surface area contributed by atoms with Gasteiger partial charge in [-0.1, -0.05) is 23.1 Å². The summed E-state index contributed by atoms with van der Waals surface area (Å²) in [5, 5.41) is 20.8. The van der Waals surface area contributed by atoms with Crippen molar-refractivity contribution in [1.82, 2.24) is 20.4 Å². The first-order valence-corrected chi connectivity index (χ1v) is 9.68. The molecule has 140 valence electrons. The van der Waals surface area contributed by atoms with E-state index in [9.17, 15) is 4.79 Å². The van der Waals surface area contributed by atoms with Gasteiger partial charge in [0, 0.05) is 5.56 Å². The molecule has 3 rings (SSSR count). The third-order valence-electron chi connectivity index (χ3n) is 3.45. The zero-order valence-electron chi connectivity index (χ0n) is 14.9. The van der Waals surface area contributed by atoms with Gasteiger partial charge in [-0.3, -0.25) is 10.1 Å². The van der Waals surface area contributed by atoms with Gasteiger partial charge in [0.05, 0.1) is 25.7 Å². The van der Waals surface area contributed by atoms with Gasteiger partial charge in [-0.15, -0.1) is 20.4 Å². The van der Waals surface area contributed by atoms with E-state index in [-0.39, 0.29) is 11.7 Å². The zero-order valence-corrected chi connectivity index (χ0v) is 16.6. The first-order chi connectivity index (χ1) is 13.1. The molecule has 27 heavy (non-hydrogen) atoms. The molecule has 0 unspecified atom stereocenters. The predicted molar refractivity (Wildman–Crippen MR) is 105 cm³/mol. The number of rotatable bonds is 7. The van der Waals surface area contributed by atoms with Crippen molar-refractivity contribution in [3.8, 4) is 22.8 Å². The van der Waals surface area contributed by atoms with Crippen molar-refractivity contribution in [1.29, 1.82) is 0 Å². The van der Waals surface area contributed by atoms with E-state index in [1.54, 1.807) is 14.2 Å². The highest BCUT2D eigenvalue weighted by molar-refractivity contribution is 7.99. The Hall–Kier alpha value is -2.72. The summed E-state index contributed by atoms with van der Waals surface area (Å²) in [4.78, 5) is 12.0. The number of carbonyl (C=O) groups excluding carboxylic acids is 1. The van der Waals surface area contributed by atoms with E-state index in [4.69, 9.17) is 9.47 Å². The van der Waals surface area contributed by atoms with Gasteiger partial charge in [0.15, 0.2) is 0 Å². The van der Waals surface area contributed by atoms with Crippen LogP contribution in [0.4, 0.5) is 5.13 Å². The van der Waals surface area contributed by atoms with E-state index in [0.717, 1.165) is 10.6 Å². The number of nitrogens with zero attached hydrogens (tertiary/aromatic N) is 4. The summed E-state index contributed by atoms with van der Waals surface area (Å²) in [7, 11) is 3.20. The number of aromatic nitrogens is 4. The van der Waals surface area contributed by atoms with Crippen LogP contribution in [0.1, 0.15) is 5.01 Å². The van der Waals surface area contributed by atoms with Crippen LogP contribution in [-0.4, -0.2) is 46.3 Å². The Bertz CT molecular complexity index is 931. The summed E-state index contributed by atoms with van der Waals surface area (Å²) < 4.78 is 10.6. The highest BCUT2D eigenvalue weighted by Gasteiger charge is 2.11. The highest BCUT2D eigenvalue weighted by atomic mass is 32.2. The van der Waals surface area contributed by atoms with Gasteiger partial charge in [-0.2, -0.15) is 0 Å². The second kappa shape index (κ2) is 8.78. The van der Waals surface area contributed by atoms with Crippen molar-refractivity contribution in [3.05, 3.63) is 35.3 Å². The Morgan fingerprint density at radius 2 is 1.96 bits per heavy atom. The molecule has 0 bridgehead atoms. The van der Waals surface area contributed by atoms with Crippen molar-refractivity contribution >= 4 is 34.1 Å². The van der Waals surface area contributed by atoms with Gasteiger partial charge in [0.1, 0.15) is 21.5 Å². The van der Waals surface area contributed by atoms with E-state index in [0.29, 0.717) is 27.4 Å². The number of nitrogens with one attached hydrogen (secondary N) is 1. The fourth-order valence-corrected chi connectivity index (χ4v) is 3.42. The molecule has 8 nitrogen and oxygen atoms in total. The second-order valence-corrected chi connectivity index (χ2v) is 7.46. The quantitative estimate of drug-likeness (QED) is 0.601. The Labute approximate surface area is 164 Å². The van der Waals surface area contributed by atoms with Crippen LogP contribution in [0.3, 0.4) is 0 Å². The molecule has 0 aliphatic heterocycles. The number of benzene rings is 1. The maximum absolute atomic E-state index is 12.0. The Morgan fingerprint density at radius 1 is 1.11 bits per heavy atom. The molecule has 0 atom stereocenters. The number of ether oxygens (including phenoxy) is 2. The Balaban J connectivity index is 1.64. The lowest BCUT2D eigenvalue weighted by Crippen LogP contribution is -2.14. The topological polar surface area (TPSA) is 99.1 Å². The third-order valence-corrected chi connectivity index (χ3v) is 5.12. The highest BCUT2D eigenvalue weighted by Crippen LogP contribution is 2.32. The molecule has 0 aliphatic rings. The fourth-order valence-electron chi connectivity index (χ4n) is 2.20. The first kappa shape index (κ1) is 19.1. The van der Waals surface area contributed by atoms with Crippen LogP contribution in [-0.2, 0) is 4.79 Å². The summed E-state index contributed by atoms with van der Waals surface area (Å²) in [5.74, 6) is 1.41. The summed E-state index contributed by atoms with van der Waals surface area (Å²) in [5.41, 5.74) is 1.44. The molecule has 2 heterocycles. The third kappa shape index (κ3) is 4.92. The van der Waals surface area contributed by atoms with Gasteiger partial charge >= 0.3 is 0 Å². The van der Waals surface area contributed by atoms with Crippen LogP contribution in [0.2, 0.25) is 0 Å². The lowest BCUT2D eigenvalue weighted by atomic mass is 10.1. The number of aryl methyl sites for hydroxylation is 1. The van der Waals surface area contributed by atoms with E-state index in [1.807, 2.05) is 37.3 Å². The van der Waals surface area contributed by atoms with E-state index in [2.05, 4.69) is 25.7 Å². The minimum atomic E-state index is -0.170. The minimum absolute atomic E-state index is 0.170. The summed E-state index contributed by atoms with van der Waals surface area (Å²) >= 11 is 2.62. The monoisotopic (exact) mass is 403 g/mol. The maximum Gasteiger partial charge on any atom is 0.236 e. The van der Waals surface area contributed by atoms with Gasteiger partial charge in [0.25, 0.3) is 0 Å². The van der Waals surface area contributed by atoms with Crippen LogP contribution in [0.15, 0.2) is 35.4 Å². The second-order valence-electron chi connectivity index (χ2n) is 5.29. The van der Waals surface area contributed by atoms with E-state index >= 15 is 0 Å². The van der Waals surface area contributed by atoms with E-state index in [1.165, 1.54) is 23.1 Å². The largest absolute Gasteiger partial charge is 0.497 e. The number of carbonyl (C=O) groups is 1. The summed E-state index contributed by atoms with van der Waals surface area (Å²) in [6.45, 7) is 1.83. The number of anilines is 1. The summed E-state index contributed by atoms with van der Waals surface area (Å²) in [6, 6.07) is 9.12. The maximum atomic E-state index is 12.0. The number of hydrogen-bond acceptors (Lipinski definition) is 9. The Morgan fingerprint density at radius 3 is 2.59 bits per heavy atom. The Kier molecular flexibility index (Phi) is 6.20. The van der Waals surface area contributed by atoms with Crippen LogP contribution >= 0.6 is 23.1 Å². The van der Waals surface area contributed by atoms with Gasteiger partial charge in [-0.25, -0.2) is 0 Å². The number of amides is 1. The molecule has 0 saturated heterocycles. The SMILES string of the molecule is COc1ccc(OC)c(-c2ccc(SCC(=O)Nc3nnc(C)s3)nn2)c1. The molecule has 10 heteroatoms. The van der Waals surface area contributed by atoms with E-state index < -0.39 is 0 Å². The van der Waals surface area contributed by atoms with Crippen LogP contribution in [0, 0.1) is 6.92 Å². The number of thioether (sulfide) groups is 1. The standard InChI is InChI=1S/C17H17N5O3S2/c1-10-19-22-17(27-10)18-15(23)9-26-16-7-5-13(20-21-16)12-8-11(24-2)4-6-14(12)25-3/h4-8H,9H2,1-3H3,(H,18,22,23). The average Bonchev–Trinajstić information content (AvgIpc) is 3.10. The lowest BCUT2D eigenvalue weighted by Gasteiger charge is -2.09. The number of hydrogen-bond donors (Lipinski definition) is 1. The molecule has 0 saturated carbocycles. The molecule has 0 fully saturated rings. The molecule has 0 radical (unpaired) electrons. The van der Waals surface area contributed by atoms with Crippen molar-refractivity contribution in [2.24, 2.45) is 0 Å². The molecule has 1 aromatic carbocycles. The van der Waals surface area contributed by atoms with Crippen molar-refractivity contribution in [2.75, 3.05) is 25.3 Å². The first-order valence-electron chi connectivity index (χ1n) is 7.88. The molecule has 0 spiro atoms. The van der Waals surface area contributed by atoms with Crippen LogP contribution in [0.5, 0.6) is 11.5 Å². The molecule has 3 aromatic rings. The molecule has 1 N–H and O–H groups in total. The number of methoxy groups -OCH3 is 2. The van der Waals surface area contributed by atoms with Crippen molar-refractivity contribution in [2.45, 2.75) is 11.9 Å². The van der Waals surface area contributed by atoms with Crippen molar-refractivity contribution in [3.63, 3.8) is 0 Å². The predicted octanol–water partition coefficient (Wildman–Crippen LogP) is 3.05. The zero-order chi connectivity index (χ0) is 19.2. The van der Waals surface area contributed by atoms with Crippen molar-refractivity contribution < 1.29 is 14.3 Å². The smallest absolute Gasteiger partial charge is 0.236 e. The fraction of sp³-hybridized carbons (Fsp3) is 0.235. The molecular weight excluding hydrogens is 386 g/mol. The average molecular weight is 403 g/mol. The molecule has 0 aliphatic carbocycles. The molecular formula is C17H17N5O3S2.